The minimum Gasteiger partial charge on any atom is -0.489 e. The van der Waals surface area contributed by atoms with Crippen molar-refractivity contribution in [3.05, 3.63) is 77.5 Å². The van der Waals surface area contributed by atoms with Crippen molar-refractivity contribution in [1.82, 2.24) is 15.2 Å². The fourth-order valence-corrected chi connectivity index (χ4v) is 4.93. The van der Waals surface area contributed by atoms with Crippen LogP contribution in [0.25, 0.3) is 17.0 Å². The van der Waals surface area contributed by atoms with Gasteiger partial charge in [-0.25, -0.2) is 0 Å². The van der Waals surface area contributed by atoms with E-state index in [4.69, 9.17) is 4.74 Å². The van der Waals surface area contributed by atoms with Crippen LogP contribution in [-0.2, 0) is 5.54 Å². The van der Waals surface area contributed by atoms with Gasteiger partial charge in [0.2, 0.25) is 0 Å². The number of hydrogen-bond acceptors (Lipinski definition) is 4. The van der Waals surface area contributed by atoms with Gasteiger partial charge >= 0.3 is 0 Å². The smallest absolute Gasteiger partial charge is 0.252 e. The average Bonchev–Trinajstić information content (AvgIpc) is 3.58. The predicted octanol–water partition coefficient (Wildman–Crippen LogP) is 5.08. The van der Waals surface area contributed by atoms with Gasteiger partial charge in [0.15, 0.2) is 0 Å². The van der Waals surface area contributed by atoms with Crippen LogP contribution in [0.15, 0.2) is 55.2 Å². The minimum absolute atomic E-state index is 0.0649. The number of aryl methyl sites for hydroxylation is 1. The molecule has 2 aliphatic rings. The molecule has 1 aromatic heterocycles. The van der Waals surface area contributed by atoms with E-state index in [9.17, 15) is 4.79 Å². The normalized spacial score (nSPS) is 20.0. The fourth-order valence-electron chi connectivity index (χ4n) is 4.93. The summed E-state index contributed by atoms with van der Waals surface area (Å²) in [6.07, 6.45) is 6.67. The number of aromatic nitrogens is 1. The Hall–Kier alpha value is -3.18. The van der Waals surface area contributed by atoms with E-state index in [1.807, 2.05) is 43.3 Å². The number of likely N-dealkylation sites (N-methyl/N-ethyl adjacent to an activating group) is 1. The van der Waals surface area contributed by atoms with E-state index in [1.165, 1.54) is 0 Å². The number of likely N-dealkylation sites (tertiary alicyclic amines) is 1. The number of nitrogens with one attached hydrogen (secondary N) is 1. The van der Waals surface area contributed by atoms with Crippen molar-refractivity contribution in [2.24, 2.45) is 0 Å². The third kappa shape index (κ3) is 4.02. The van der Waals surface area contributed by atoms with E-state index in [-0.39, 0.29) is 17.6 Å². The van der Waals surface area contributed by atoms with E-state index in [2.05, 4.69) is 47.9 Å². The molecule has 1 N–H and O–H groups in total. The first-order chi connectivity index (χ1) is 15.9. The Labute approximate surface area is 195 Å². The van der Waals surface area contributed by atoms with Crippen molar-refractivity contribution in [3.63, 3.8) is 0 Å². The summed E-state index contributed by atoms with van der Waals surface area (Å²) in [5.41, 5.74) is 4.28. The number of carbonyl (C=O) groups excluding carboxylic acids is 1. The number of hydrogen-bond donors (Lipinski definition) is 1. The molecule has 2 heterocycles. The molecular formula is C28H31N3O2. The second-order valence-electron chi connectivity index (χ2n) is 9.52. The Bertz CT molecular complexity index is 1230. The topological polar surface area (TPSA) is 54.5 Å². The third-order valence-corrected chi connectivity index (χ3v) is 7.26. The molecule has 2 aromatic carbocycles. The maximum Gasteiger partial charge on any atom is 0.252 e. The maximum atomic E-state index is 13.5. The van der Waals surface area contributed by atoms with Gasteiger partial charge in [0.05, 0.1) is 11.1 Å². The monoisotopic (exact) mass is 441 g/mol. The van der Waals surface area contributed by atoms with Gasteiger partial charge in [0.25, 0.3) is 5.91 Å². The van der Waals surface area contributed by atoms with E-state index >= 15 is 0 Å². The predicted molar refractivity (Wildman–Crippen MR) is 133 cm³/mol. The SMILES string of the molecule is C=Cc1cc(C2(NC(=O)c3cc(O[C@H](C)C4CCN4C)ccc3C)CC2)c2cccnc2c1. The standard InChI is InChI=1S/C28H31N3O2/c1-5-20-15-24(22-7-6-13-29-25(22)16-20)28(11-12-28)30-27(32)23-17-21(9-8-18(23)2)33-19(3)26-10-14-31(26)4/h5-9,13,15-17,19,26H,1,10-12,14H2,2-4H3,(H,30,32)/t19-,26?/m1/s1. The highest BCUT2D eigenvalue weighted by molar-refractivity contribution is 5.97. The lowest BCUT2D eigenvalue weighted by Gasteiger charge is -2.41. The summed E-state index contributed by atoms with van der Waals surface area (Å²) in [5.74, 6) is 0.677. The zero-order valence-electron chi connectivity index (χ0n) is 19.6. The van der Waals surface area contributed by atoms with Crippen LogP contribution in [0.5, 0.6) is 5.75 Å². The molecule has 1 saturated carbocycles. The van der Waals surface area contributed by atoms with Crippen LogP contribution in [0.4, 0.5) is 0 Å². The molecule has 2 fully saturated rings. The lowest BCUT2D eigenvalue weighted by molar-refractivity contribution is 0.0269. The van der Waals surface area contributed by atoms with Crippen molar-refractivity contribution in [1.29, 1.82) is 0 Å². The first-order valence-corrected chi connectivity index (χ1v) is 11.7. The largest absolute Gasteiger partial charge is 0.489 e. The van der Waals surface area contributed by atoms with Gasteiger partial charge in [-0.2, -0.15) is 0 Å². The van der Waals surface area contributed by atoms with E-state index in [1.54, 1.807) is 6.20 Å². The number of amides is 1. The van der Waals surface area contributed by atoms with Gasteiger partial charge in [-0.15, -0.1) is 0 Å². The van der Waals surface area contributed by atoms with E-state index < -0.39 is 0 Å². The molecule has 1 unspecified atom stereocenters. The van der Waals surface area contributed by atoms with Crippen molar-refractivity contribution in [2.45, 2.75) is 50.8 Å². The van der Waals surface area contributed by atoms with Gasteiger partial charge < -0.3 is 10.1 Å². The van der Waals surface area contributed by atoms with Crippen LogP contribution >= 0.6 is 0 Å². The number of fused-ring (bicyclic) bond motifs is 1. The Morgan fingerprint density at radius 2 is 2.12 bits per heavy atom. The molecular weight excluding hydrogens is 410 g/mol. The third-order valence-electron chi connectivity index (χ3n) is 7.26. The summed E-state index contributed by atoms with van der Waals surface area (Å²) in [5, 5.41) is 4.43. The first kappa shape index (κ1) is 21.7. The van der Waals surface area contributed by atoms with Crippen molar-refractivity contribution in [3.8, 4) is 5.75 Å². The van der Waals surface area contributed by atoms with Gasteiger partial charge in [-0.3, -0.25) is 14.7 Å². The maximum absolute atomic E-state index is 13.5. The highest BCUT2D eigenvalue weighted by Crippen LogP contribution is 2.48. The molecule has 0 spiro atoms. The average molecular weight is 442 g/mol. The minimum atomic E-state index is -0.372. The quantitative estimate of drug-likeness (QED) is 0.556. The van der Waals surface area contributed by atoms with Crippen LogP contribution in [0.2, 0.25) is 0 Å². The molecule has 5 nitrogen and oxygen atoms in total. The van der Waals surface area contributed by atoms with Crippen LogP contribution in [0.3, 0.4) is 0 Å². The number of nitrogens with zero attached hydrogens (tertiary/aromatic N) is 2. The molecule has 5 heteroatoms. The molecule has 1 saturated heterocycles. The molecule has 1 aliphatic heterocycles. The molecule has 0 bridgehead atoms. The highest BCUT2D eigenvalue weighted by Gasteiger charge is 2.47. The van der Waals surface area contributed by atoms with Crippen LogP contribution in [0.1, 0.15) is 53.2 Å². The Morgan fingerprint density at radius 1 is 1.30 bits per heavy atom. The second-order valence-corrected chi connectivity index (χ2v) is 9.52. The number of ether oxygens (including phenoxy) is 1. The molecule has 3 aromatic rings. The zero-order chi connectivity index (χ0) is 23.2. The summed E-state index contributed by atoms with van der Waals surface area (Å²) in [6.45, 7) is 9.11. The highest BCUT2D eigenvalue weighted by atomic mass is 16.5. The lowest BCUT2D eigenvalue weighted by atomic mass is 9.95. The Balaban J connectivity index is 1.41. The van der Waals surface area contributed by atoms with Crippen molar-refractivity contribution >= 4 is 22.9 Å². The summed E-state index contributed by atoms with van der Waals surface area (Å²) in [4.78, 5) is 20.3. The van der Waals surface area contributed by atoms with E-state index in [0.717, 1.165) is 59.2 Å². The zero-order valence-corrected chi connectivity index (χ0v) is 19.6. The molecule has 170 valence electrons. The molecule has 2 atom stereocenters. The Morgan fingerprint density at radius 3 is 2.79 bits per heavy atom. The number of pyridine rings is 1. The van der Waals surface area contributed by atoms with E-state index in [0.29, 0.717) is 11.6 Å². The van der Waals surface area contributed by atoms with Gasteiger partial charge in [0.1, 0.15) is 11.9 Å². The van der Waals surface area contributed by atoms with Crippen molar-refractivity contribution in [2.75, 3.05) is 13.6 Å². The molecule has 33 heavy (non-hydrogen) atoms. The fraction of sp³-hybridized carbons (Fsp3) is 0.357. The van der Waals surface area contributed by atoms with Crippen LogP contribution in [-0.4, -0.2) is 41.5 Å². The number of carbonyl (C=O) groups is 1. The molecule has 0 radical (unpaired) electrons. The number of rotatable bonds is 7. The lowest BCUT2D eigenvalue weighted by Crippen LogP contribution is -2.52. The Kier molecular flexibility index (Phi) is 5.45. The van der Waals surface area contributed by atoms with Crippen LogP contribution in [0, 0.1) is 6.92 Å². The van der Waals surface area contributed by atoms with Gasteiger partial charge in [-0.1, -0.05) is 24.8 Å². The summed E-state index contributed by atoms with van der Waals surface area (Å²) < 4.78 is 6.21. The first-order valence-electron chi connectivity index (χ1n) is 11.7. The van der Waals surface area contributed by atoms with Gasteiger partial charge in [-0.05, 0) is 93.7 Å². The molecule has 5 rings (SSSR count). The second kappa shape index (κ2) is 8.31. The van der Waals surface area contributed by atoms with Crippen molar-refractivity contribution < 1.29 is 9.53 Å². The summed E-state index contributed by atoms with van der Waals surface area (Å²) >= 11 is 0. The number of benzene rings is 2. The summed E-state index contributed by atoms with van der Waals surface area (Å²) in [6, 6.07) is 14.4. The van der Waals surface area contributed by atoms with Crippen LogP contribution < -0.4 is 10.1 Å². The van der Waals surface area contributed by atoms with Gasteiger partial charge in [0, 0.05) is 23.2 Å². The molecule has 1 aliphatic carbocycles. The summed E-state index contributed by atoms with van der Waals surface area (Å²) in [7, 11) is 2.12. The molecule has 1 amide bonds.